The Balaban J connectivity index is 1.88. The highest BCUT2D eigenvalue weighted by molar-refractivity contribution is 8.14. The van der Waals surface area contributed by atoms with E-state index in [1.54, 1.807) is 36.4 Å². The van der Waals surface area contributed by atoms with Crippen LogP contribution in [0.2, 0.25) is 0 Å². The lowest BCUT2D eigenvalue weighted by Crippen LogP contribution is -2.52. The van der Waals surface area contributed by atoms with E-state index in [-0.39, 0.29) is 16.3 Å². The predicted molar refractivity (Wildman–Crippen MR) is 62.2 cm³/mol. The molecule has 0 bridgehead atoms. The summed E-state index contributed by atoms with van der Waals surface area (Å²) >= 11 is 1.31. The van der Waals surface area contributed by atoms with E-state index >= 15 is 0 Å². The molecule has 1 fully saturated rings. The predicted octanol–water partition coefficient (Wildman–Crippen LogP) is 1.19. The first-order chi connectivity index (χ1) is 7.66. The maximum atomic E-state index is 11.9. The molecule has 4 nitrogen and oxygen atoms in total. The van der Waals surface area contributed by atoms with E-state index in [0.717, 1.165) is 0 Å². The maximum absolute atomic E-state index is 11.9. The van der Waals surface area contributed by atoms with Crippen molar-refractivity contribution in [2.45, 2.75) is 12.2 Å². The smallest absolute Gasteiger partial charge is 0.254 e. The van der Waals surface area contributed by atoms with E-state index in [2.05, 4.69) is 4.98 Å². The van der Waals surface area contributed by atoms with Gasteiger partial charge in [0.2, 0.25) is 0 Å². The molecule has 1 saturated heterocycles. The van der Waals surface area contributed by atoms with Gasteiger partial charge in [-0.15, -0.1) is 0 Å². The number of amides is 1. The zero-order chi connectivity index (χ0) is 11.5. The van der Waals surface area contributed by atoms with Gasteiger partial charge in [0.15, 0.2) is 5.12 Å². The van der Waals surface area contributed by atoms with E-state index in [0.29, 0.717) is 18.7 Å². The molecule has 1 aromatic heterocycles. The number of nitrogens with zero attached hydrogens (tertiary/aromatic N) is 2. The van der Waals surface area contributed by atoms with Gasteiger partial charge >= 0.3 is 0 Å². The molecule has 1 aliphatic rings. The highest BCUT2D eigenvalue weighted by Crippen LogP contribution is 2.24. The molecule has 0 aliphatic carbocycles. The van der Waals surface area contributed by atoms with Gasteiger partial charge in [-0.2, -0.15) is 0 Å². The van der Waals surface area contributed by atoms with Gasteiger partial charge in [0.25, 0.3) is 5.91 Å². The van der Waals surface area contributed by atoms with E-state index in [1.807, 2.05) is 0 Å². The molecule has 1 aliphatic heterocycles. The average Bonchev–Trinajstić information content (AvgIpc) is 2.23. The van der Waals surface area contributed by atoms with Crippen molar-refractivity contribution >= 4 is 22.8 Å². The lowest BCUT2D eigenvalue weighted by molar-refractivity contribution is -0.109. The second-order valence-electron chi connectivity index (χ2n) is 3.68. The van der Waals surface area contributed by atoms with Gasteiger partial charge in [-0.25, -0.2) is 0 Å². The molecule has 0 saturated carbocycles. The molecular weight excluding hydrogens is 224 g/mol. The summed E-state index contributed by atoms with van der Waals surface area (Å²) in [6.07, 6.45) is 3.21. The normalized spacial score (nSPS) is 15.7. The van der Waals surface area contributed by atoms with Crippen molar-refractivity contribution in [2.75, 3.05) is 13.1 Å². The first kappa shape index (κ1) is 11.1. The average molecular weight is 236 g/mol. The minimum absolute atomic E-state index is 0.0165. The van der Waals surface area contributed by atoms with Gasteiger partial charge in [0.1, 0.15) is 0 Å². The standard InChI is InChI=1S/C11H12N2O2S/c1-8(14)16-10-6-13(7-10)11(15)9-2-4-12-5-3-9/h2-5,10H,6-7H2,1H3. The van der Waals surface area contributed by atoms with Crippen LogP contribution in [-0.2, 0) is 4.79 Å². The van der Waals surface area contributed by atoms with Crippen LogP contribution in [0.3, 0.4) is 0 Å². The molecule has 5 heteroatoms. The second-order valence-corrected chi connectivity index (χ2v) is 5.15. The molecule has 0 unspecified atom stereocenters. The Labute approximate surface area is 98.0 Å². The third-order valence-corrected chi connectivity index (χ3v) is 3.36. The summed E-state index contributed by atoms with van der Waals surface area (Å²) in [6, 6.07) is 3.40. The molecule has 1 amide bonds. The fourth-order valence-electron chi connectivity index (χ4n) is 1.59. The number of aromatic nitrogens is 1. The summed E-state index contributed by atoms with van der Waals surface area (Å²) in [5, 5.41) is 0.379. The molecule has 0 aromatic carbocycles. The Kier molecular flexibility index (Phi) is 3.24. The van der Waals surface area contributed by atoms with Crippen LogP contribution in [-0.4, -0.2) is 39.2 Å². The lowest BCUT2D eigenvalue weighted by atomic mass is 10.1. The summed E-state index contributed by atoms with van der Waals surface area (Å²) in [7, 11) is 0. The Bertz CT molecular complexity index is 402. The summed E-state index contributed by atoms with van der Waals surface area (Å²) in [6.45, 7) is 2.87. The number of pyridine rings is 1. The van der Waals surface area contributed by atoms with Gasteiger partial charge in [0, 0.05) is 43.2 Å². The van der Waals surface area contributed by atoms with Crippen LogP contribution in [0.15, 0.2) is 24.5 Å². The lowest BCUT2D eigenvalue weighted by Gasteiger charge is -2.38. The number of thioether (sulfide) groups is 1. The van der Waals surface area contributed by atoms with E-state index in [9.17, 15) is 9.59 Å². The second kappa shape index (κ2) is 4.65. The number of hydrogen-bond acceptors (Lipinski definition) is 4. The van der Waals surface area contributed by atoms with Crippen LogP contribution >= 0.6 is 11.8 Å². The zero-order valence-corrected chi connectivity index (χ0v) is 9.74. The highest BCUT2D eigenvalue weighted by atomic mass is 32.2. The number of hydrogen-bond donors (Lipinski definition) is 0. The summed E-state index contributed by atoms with van der Waals surface area (Å²) in [5.41, 5.74) is 0.654. The van der Waals surface area contributed by atoms with Gasteiger partial charge in [-0.05, 0) is 12.1 Å². The van der Waals surface area contributed by atoms with Crippen molar-refractivity contribution in [3.05, 3.63) is 30.1 Å². The van der Waals surface area contributed by atoms with Crippen molar-refractivity contribution in [3.63, 3.8) is 0 Å². The topological polar surface area (TPSA) is 50.3 Å². The van der Waals surface area contributed by atoms with Gasteiger partial charge < -0.3 is 4.90 Å². The molecule has 0 atom stereocenters. The van der Waals surface area contributed by atoms with Crippen LogP contribution in [0.4, 0.5) is 0 Å². The number of carbonyl (C=O) groups is 2. The minimum atomic E-state index is 0.0165. The first-order valence-corrected chi connectivity index (χ1v) is 5.91. The van der Waals surface area contributed by atoms with Gasteiger partial charge in [-0.1, -0.05) is 11.8 Å². The molecule has 2 heterocycles. The fourth-order valence-corrected chi connectivity index (χ4v) is 2.57. The molecule has 2 rings (SSSR count). The monoisotopic (exact) mass is 236 g/mol. The Hall–Kier alpha value is -1.36. The van der Waals surface area contributed by atoms with Crippen molar-refractivity contribution in [1.82, 2.24) is 9.88 Å². The largest absolute Gasteiger partial charge is 0.336 e. The van der Waals surface area contributed by atoms with Crippen LogP contribution in [0.1, 0.15) is 17.3 Å². The maximum Gasteiger partial charge on any atom is 0.254 e. The number of rotatable bonds is 2. The van der Waals surface area contributed by atoms with Gasteiger partial charge in [-0.3, -0.25) is 14.6 Å². The third-order valence-electron chi connectivity index (χ3n) is 2.40. The SMILES string of the molecule is CC(=O)SC1CN(C(=O)c2ccncc2)C1. The van der Waals surface area contributed by atoms with Crippen LogP contribution < -0.4 is 0 Å². The molecule has 0 N–H and O–H groups in total. The fraction of sp³-hybridized carbons (Fsp3) is 0.364. The summed E-state index contributed by atoms with van der Waals surface area (Å²) in [5.74, 6) is 0.0165. The first-order valence-electron chi connectivity index (χ1n) is 5.03. The molecular formula is C11H12N2O2S. The summed E-state index contributed by atoms with van der Waals surface area (Å²) in [4.78, 5) is 28.3. The minimum Gasteiger partial charge on any atom is -0.336 e. The number of likely N-dealkylation sites (tertiary alicyclic amines) is 1. The summed E-state index contributed by atoms with van der Waals surface area (Å²) < 4.78 is 0. The zero-order valence-electron chi connectivity index (χ0n) is 8.92. The molecule has 16 heavy (non-hydrogen) atoms. The third kappa shape index (κ3) is 2.41. The van der Waals surface area contributed by atoms with Crippen molar-refractivity contribution in [3.8, 4) is 0 Å². The Morgan fingerprint density at radius 3 is 2.56 bits per heavy atom. The van der Waals surface area contributed by atoms with Crippen molar-refractivity contribution in [2.24, 2.45) is 0 Å². The van der Waals surface area contributed by atoms with Crippen LogP contribution in [0, 0.1) is 0 Å². The molecule has 84 valence electrons. The van der Waals surface area contributed by atoms with Crippen LogP contribution in [0.5, 0.6) is 0 Å². The van der Waals surface area contributed by atoms with Crippen LogP contribution in [0.25, 0.3) is 0 Å². The van der Waals surface area contributed by atoms with Crippen molar-refractivity contribution < 1.29 is 9.59 Å². The number of carbonyl (C=O) groups excluding carboxylic acids is 2. The highest BCUT2D eigenvalue weighted by Gasteiger charge is 2.32. The van der Waals surface area contributed by atoms with E-state index < -0.39 is 0 Å². The molecule has 0 radical (unpaired) electrons. The Morgan fingerprint density at radius 2 is 2.00 bits per heavy atom. The molecule has 1 aromatic rings. The van der Waals surface area contributed by atoms with Gasteiger partial charge in [0.05, 0.1) is 0 Å². The Morgan fingerprint density at radius 1 is 1.38 bits per heavy atom. The van der Waals surface area contributed by atoms with Crippen molar-refractivity contribution in [1.29, 1.82) is 0 Å². The van der Waals surface area contributed by atoms with E-state index in [4.69, 9.17) is 0 Å². The quantitative estimate of drug-likeness (QED) is 0.774. The molecule has 0 spiro atoms. The van der Waals surface area contributed by atoms with E-state index in [1.165, 1.54) is 11.8 Å².